The van der Waals surface area contributed by atoms with E-state index in [-0.39, 0.29) is 22.0 Å². The first-order chi connectivity index (χ1) is 11.9. The Morgan fingerprint density at radius 3 is 2.60 bits per heavy atom. The van der Waals surface area contributed by atoms with Crippen LogP contribution < -0.4 is 10.2 Å². The zero-order valence-corrected chi connectivity index (χ0v) is 13.9. The molecule has 2 rings (SSSR count). The van der Waals surface area contributed by atoms with Gasteiger partial charge in [0.1, 0.15) is 16.7 Å². The molecule has 8 heteroatoms. The van der Waals surface area contributed by atoms with Crippen LogP contribution in [0.3, 0.4) is 0 Å². The zero-order chi connectivity index (χ0) is 18.4. The van der Waals surface area contributed by atoms with Crippen molar-refractivity contribution in [2.24, 2.45) is 0 Å². The van der Waals surface area contributed by atoms with Gasteiger partial charge in [0.25, 0.3) is 11.6 Å². The van der Waals surface area contributed by atoms with Crippen molar-refractivity contribution < 1.29 is 9.72 Å². The van der Waals surface area contributed by atoms with Crippen LogP contribution in [0.25, 0.3) is 0 Å². The van der Waals surface area contributed by atoms with E-state index in [0.29, 0.717) is 0 Å². The maximum absolute atomic E-state index is 12.2. The highest BCUT2D eigenvalue weighted by Gasteiger charge is 2.16. The van der Waals surface area contributed by atoms with Crippen molar-refractivity contribution in [3.8, 4) is 6.07 Å². The van der Waals surface area contributed by atoms with E-state index < -0.39 is 10.8 Å². The Labute approximate surface area is 148 Å². The van der Waals surface area contributed by atoms with Crippen LogP contribution >= 0.6 is 11.6 Å². The number of hydrogen-bond acceptors (Lipinski definition) is 5. The summed E-state index contributed by atoms with van der Waals surface area (Å²) in [7, 11) is 1.70. The normalized spacial score (nSPS) is 10.7. The third-order valence-electron chi connectivity index (χ3n) is 3.25. The van der Waals surface area contributed by atoms with E-state index in [4.69, 9.17) is 11.6 Å². The quantitative estimate of drug-likeness (QED) is 0.381. The number of carbonyl (C=O) groups excluding carboxylic acids is 1. The molecule has 0 aliphatic carbocycles. The molecule has 0 fully saturated rings. The lowest BCUT2D eigenvalue weighted by Crippen LogP contribution is -2.18. The molecule has 0 heterocycles. The summed E-state index contributed by atoms with van der Waals surface area (Å²) in [6.07, 6.45) is 1.38. The van der Waals surface area contributed by atoms with E-state index in [1.807, 2.05) is 36.4 Å². The molecule has 0 spiro atoms. The number of para-hydroxylation sites is 1. The predicted molar refractivity (Wildman–Crippen MR) is 95.3 cm³/mol. The summed E-state index contributed by atoms with van der Waals surface area (Å²) in [5.74, 6) is -0.679. The summed E-state index contributed by atoms with van der Waals surface area (Å²) in [5.41, 5.74) is 0.488. The third kappa shape index (κ3) is 4.56. The van der Waals surface area contributed by atoms with Gasteiger partial charge in [0.05, 0.1) is 4.92 Å². The van der Waals surface area contributed by atoms with Gasteiger partial charge in [0.15, 0.2) is 0 Å². The Morgan fingerprint density at radius 2 is 2.00 bits per heavy atom. The lowest BCUT2D eigenvalue weighted by molar-refractivity contribution is -0.384. The number of nitro benzene ring substituents is 1. The molecule has 126 valence electrons. The molecule has 0 aromatic heterocycles. The number of halogens is 1. The summed E-state index contributed by atoms with van der Waals surface area (Å²) in [4.78, 5) is 24.1. The highest BCUT2D eigenvalue weighted by atomic mass is 35.5. The number of nitrogens with one attached hydrogen (secondary N) is 1. The van der Waals surface area contributed by atoms with E-state index in [1.165, 1.54) is 18.3 Å². The second-order valence-corrected chi connectivity index (χ2v) is 5.39. The molecule has 1 amide bonds. The minimum atomic E-state index is -0.679. The lowest BCUT2D eigenvalue weighted by atomic mass is 10.2. The first-order valence-electron chi connectivity index (χ1n) is 7.07. The second kappa shape index (κ2) is 7.95. The number of nitriles is 1. The molecule has 0 unspecified atom stereocenters. The first kappa shape index (κ1) is 18.0. The molecule has 0 saturated carbocycles. The largest absolute Gasteiger partial charge is 0.350 e. The van der Waals surface area contributed by atoms with Crippen LogP contribution in [0.1, 0.15) is 0 Å². The summed E-state index contributed by atoms with van der Waals surface area (Å²) in [6.45, 7) is 0. The minimum Gasteiger partial charge on any atom is -0.350 e. The van der Waals surface area contributed by atoms with E-state index in [2.05, 4.69) is 5.32 Å². The van der Waals surface area contributed by atoms with Crippen molar-refractivity contribution in [3.63, 3.8) is 0 Å². The second-order valence-electron chi connectivity index (χ2n) is 4.98. The van der Waals surface area contributed by atoms with Crippen LogP contribution in [-0.2, 0) is 4.79 Å². The number of nitro groups is 1. The van der Waals surface area contributed by atoms with Gasteiger partial charge in [0.2, 0.25) is 0 Å². The van der Waals surface area contributed by atoms with Crippen LogP contribution in [0.5, 0.6) is 0 Å². The van der Waals surface area contributed by atoms with Gasteiger partial charge < -0.3 is 10.2 Å². The summed E-state index contributed by atoms with van der Waals surface area (Å²) in [5, 5.41) is 22.5. The highest BCUT2D eigenvalue weighted by Crippen LogP contribution is 2.27. The Hall–Kier alpha value is -3.37. The average molecular weight is 357 g/mol. The molecular formula is C17H13ClN4O3. The molecule has 0 bridgehead atoms. The molecule has 0 aliphatic rings. The van der Waals surface area contributed by atoms with Crippen molar-refractivity contribution in [2.75, 3.05) is 17.3 Å². The average Bonchev–Trinajstić information content (AvgIpc) is 2.61. The maximum Gasteiger partial charge on any atom is 0.289 e. The van der Waals surface area contributed by atoms with Crippen molar-refractivity contribution in [1.29, 1.82) is 5.26 Å². The predicted octanol–water partition coefficient (Wildman–Crippen LogP) is 3.73. The summed E-state index contributed by atoms with van der Waals surface area (Å²) >= 11 is 5.73. The summed E-state index contributed by atoms with van der Waals surface area (Å²) in [6, 6.07) is 14.8. The van der Waals surface area contributed by atoms with Crippen molar-refractivity contribution in [2.45, 2.75) is 0 Å². The molecule has 2 aromatic rings. The Balaban J connectivity index is 2.21. The third-order valence-corrected chi connectivity index (χ3v) is 3.57. The Morgan fingerprint density at radius 1 is 1.32 bits per heavy atom. The van der Waals surface area contributed by atoms with Crippen molar-refractivity contribution >= 4 is 34.6 Å². The standard InChI is InChI=1S/C17H13ClN4O3/c1-21(14-5-3-2-4-6-14)11-12(10-19)17(23)20-13-7-8-15(18)16(9-13)22(24)25/h2-9,11H,1H3,(H,20,23)/b12-11-. The van der Waals surface area contributed by atoms with E-state index in [1.54, 1.807) is 11.9 Å². The van der Waals surface area contributed by atoms with Crippen molar-refractivity contribution in [1.82, 2.24) is 0 Å². The zero-order valence-electron chi connectivity index (χ0n) is 13.1. The fraction of sp³-hybridized carbons (Fsp3) is 0.0588. The Kier molecular flexibility index (Phi) is 5.71. The topological polar surface area (TPSA) is 99.3 Å². The van der Waals surface area contributed by atoms with Crippen LogP contribution in [0.2, 0.25) is 5.02 Å². The smallest absolute Gasteiger partial charge is 0.289 e. The van der Waals surface area contributed by atoms with Gasteiger partial charge in [-0.15, -0.1) is 0 Å². The van der Waals surface area contributed by atoms with Gasteiger partial charge in [-0.05, 0) is 24.3 Å². The maximum atomic E-state index is 12.2. The molecule has 1 N–H and O–H groups in total. The van der Waals surface area contributed by atoms with Gasteiger partial charge in [-0.2, -0.15) is 5.26 Å². The molecule has 0 aliphatic heterocycles. The van der Waals surface area contributed by atoms with Crippen LogP contribution in [0.4, 0.5) is 17.1 Å². The number of anilines is 2. The number of rotatable bonds is 5. The number of nitrogens with zero attached hydrogens (tertiary/aromatic N) is 3. The van der Waals surface area contributed by atoms with Gasteiger partial charge in [-0.25, -0.2) is 0 Å². The summed E-state index contributed by atoms with van der Waals surface area (Å²) < 4.78 is 0. The molecule has 0 radical (unpaired) electrons. The molecule has 7 nitrogen and oxygen atoms in total. The van der Waals surface area contributed by atoms with E-state index in [0.717, 1.165) is 11.8 Å². The van der Waals surface area contributed by atoms with Gasteiger partial charge in [-0.1, -0.05) is 29.8 Å². The lowest BCUT2D eigenvalue weighted by Gasteiger charge is -2.14. The molecule has 0 atom stereocenters. The van der Waals surface area contributed by atoms with E-state index in [9.17, 15) is 20.2 Å². The van der Waals surface area contributed by atoms with Gasteiger partial charge >= 0.3 is 0 Å². The SMILES string of the molecule is CN(/C=C(/C#N)C(=O)Nc1ccc(Cl)c([N+](=O)[O-])c1)c1ccccc1. The minimum absolute atomic E-state index is 0.0390. The molecular weight excluding hydrogens is 344 g/mol. The fourth-order valence-electron chi connectivity index (χ4n) is 2.00. The van der Waals surface area contributed by atoms with Crippen LogP contribution in [0.15, 0.2) is 60.3 Å². The molecule has 2 aromatic carbocycles. The highest BCUT2D eigenvalue weighted by molar-refractivity contribution is 6.32. The number of benzene rings is 2. The fourth-order valence-corrected chi connectivity index (χ4v) is 2.18. The number of carbonyl (C=O) groups is 1. The van der Waals surface area contributed by atoms with Crippen LogP contribution in [-0.4, -0.2) is 17.9 Å². The monoisotopic (exact) mass is 356 g/mol. The van der Waals surface area contributed by atoms with Gasteiger partial charge in [-0.3, -0.25) is 14.9 Å². The number of amides is 1. The van der Waals surface area contributed by atoms with Gasteiger partial charge in [0, 0.05) is 30.7 Å². The molecule has 25 heavy (non-hydrogen) atoms. The van der Waals surface area contributed by atoms with Crippen LogP contribution in [0, 0.1) is 21.4 Å². The Bertz CT molecular complexity index is 875. The number of hydrogen-bond donors (Lipinski definition) is 1. The van der Waals surface area contributed by atoms with E-state index >= 15 is 0 Å². The first-order valence-corrected chi connectivity index (χ1v) is 7.45. The molecule has 0 saturated heterocycles. The van der Waals surface area contributed by atoms with Crippen molar-refractivity contribution in [3.05, 3.63) is 75.4 Å².